The Labute approximate surface area is 117 Å². The van der Waals surface area contributed by atoms with Crippen LogP contribution in [0.2, 0.25) is 0 Å². The summed E-state index contributed by atoms with van der Waals surface area (Å²) < 4.78 is 38.0. The Hall–Kier alpha value is -1.82. The van der Waals surface area contributed by atoms with Crippen molar-refractivity contribution < 1.29 is 13.2 Å². The number of thiophene rings is 1. The Balaban J connectivity index is 2.12. The molecule has 0 aliphatic carbocycles. The molecule has 2 aromatic heterocycles. The first-order valence-corrected chi connectivity index (χ1v) is 7.00. The van der Waals surface area contributed by atoms with Gasteiger partial charge in [0.05, 0.1) is 21.5 Å². The second-order valence-electron chi connectivity index (χ2n) is 4.44. The van der Waals surface area contributed by atoms with E-state index in [1.165, 1.54) is 17.4 Å². The zero-order chi connectivity index (χ0) is 14.3. The van der Waals surface area contributed by atoms with Crippen molar-refractivity contribution in [3.05, 3.63) is 40.8 Å². The van der Waals surface area contributed by atoms with E-state index in [4.69, 9.17) is 0 Å². The predicted molar refractivity (Wildman–Crippen MR) is 73.8 cm³/mol. The summed E-state index contributed by atoms with van der Waals surface area (Å²) in [6.45, 7) is 2.04. The fraction of sp³-hybridized carbons (Fsp3) is 0.214. The largest absolute Gasteiger partial charge is 0.416 e. The molecule has 1 aromatic carbocycles. The minimum Gasteiger partial charge on any atom is -0.337 e. The number of imidazole rings is 1. The quantitative estimate of drug-likeness (QED) is 0.718. The van der Waals surface area contributed by atoms with Gasteiger partial charge in [0.2, 0.25) is 0 Å². The first kappa shape index (κ1) is 13.2. The number of benzene rings is 1. The zero-order valence-corrected chi connectivity index (χ0v) is 11.4. The Morgan fingerprint density at radius 2 is 2.05 bits per heavy atom. The van der Waals surface area contributed by atoms with E-state index in [1.807, 2.05) is 18.4 Å². The lowest BCUT2D eigenvalue weighted by atomic mass is 10.2. The minimum absolute atomic E-state index is 0.408. The molecule has 0 aliphatic heterocycles. The minimum atomic E-state index is -4.34. The summed E-state index contributed by atoms with van der Waals surface area (Å²) in [5, 5.41) is 1.96. The Morgan fingerprint density at radius 1 is 1.25 bits per heavy atom. The Kier molecular flexibility index (Phi) is 3.05. The monoisotopic (exact) mass is 296 g/mol. The average molecular weight is 296 g/mol. The van der Waals surface area contributed by atoms with Crippen LogP contribution in [0.4, 0.5) is 13.2 Å². The molecule has 1 N–H and O–H groups in total. The van der Waals surface area contributed by atoms with E-state index < -0.39 is 11.7 Å². The lowest BCUT2D eigenvalue weighted by molar-refractivity contribution is -0.137. The molecule has 6 heteroatoms. The maximum Gasteiger partial charge on any atom is 0.416 e. The fourth-order valence-corrected chi connectivity index (χ4v) is 3.06. The fourth-order valence-electron chi connectivity index (χ4n) is 2.12. The van der Waals surface area contributed by atoms with Gasteiger partial charge in [0.1, 0.15) is 5.82 Å². The molecule has 3 aromatic rings. The van der Waals surface area contributed by atoms with Crippen LogP contribution in [0.3, 0.4) is 0 Å². The van der Waals surface area contributed by atoms with Gasteiger partial charge in [-0.3, -0.25) is 0 Å². The summed E-state index contributed by atoms with van der Waals surface area (Å²) in [7, 11) is 0. The zero-order valence-electron chi connectivity index (χ0n) is 10.6. The average Bonchev–Trinajstić information content (AvgIpc) is 3.02. The van der Waals surface area contributed by atoms with Crippen molar-refractivity contribution >= 4 is 22.4 Å². The van der Waals surface area contributed by atoms with Crippen molar-refractivity contribution in [3.63, 3.8) is 0 Å². The summed E-state index contributed by atoms with van der Waals surface area (Å²) in [5.41, 5.74) is 1.43. The summed E-state index contributed by atoms with van der Waals surface area (Å²) in [6.07, 6.45) is -3.47. The van der Waals surface area contributed by atoms with Gasteiger partial charge < -0.3 is 4.98 Å². The number of nitrogens with one attached hydrogen (secondary N) is 1. The number of aryl methyl sites for hydroxylation is 1. The van der Waals surface area contributed by atoms with Crippen LogP contribution >= 0.6 is 11.3 Å². The number of fused-ring (bicyclic) bond motifs is 1. The molecular formula is C14H11F3N2S. The SMILES string of the molecule is CCc1ccsc1-c1nc2ccc(C(F)(F)F)cc2[nH]1. The molecule has 2 nitrogen and oxygen atoms in total. The summed E-state index contributed by atoms with van der Waals surface area (Å²) in [5.74, 6) is 0.631. The topological polar surface area (TPSA) is 28.7 Å². The van der Waals surface area contributed by atoms with Crippen molar-refractivity contribution in [3.8, 4) is 10.7 Å². The molecule has 104 valence electrons. The van der Waals surface area contributed by atoms with E-state index >= 15 is 0 Å². The summed E-state index contributed by atoms with van der Waals surface area (Å²) in [4.78, 5) is 8.34. The second-order valence-corrected chi connectivity index (χ2v) is 5.36. The molecule has 0 amide bonds. The van der Waals surface area contributed by atoms with Gasteiger partial charge in [-0.25, -0.2) is 4.98 Å². The number of H-pyrrole nitrogens is 1. The molecule has 3 rings (SSSR count). The maximum absolute atomic E-state index is 12.7. The molecule has 0 aliphatic rings. The highest BCUT2D eigenvalue weighted by atomic mass is 32.1. The third-order valence-corrected chi connectivity index (χ3v) is 4.12. The third-order valence-electron chi connectivity index (χ3n) is 3.15. The first-order chi connectivity index (χ1) is 9.49. The van der Waals surface area contributed by atoms with Gasteiger partial charge >= 0.3 is 6.18 Å². The van der Waals surface area contributed by atoms with Crippen molar-refractivity contribution in [2.75, 3.05) is 0 Å². The van der Waals surface area contributed by atoms with E-state index in [0.29, 0.717) is 16.9 Å². The molecule has 0 spiro atoms. The molecule has 0 unspecified atom stereocenters. The molecule has 0 saturated heterocycles. The maximum atomic E-state index is 12.7. The predicted octanol–water partition coefficient (Wildman–Crippen LogP) is 4.87. The number of rotatable bonds is 2. The molecule has 0 radical (unpaired) electrons. The Bertz CT molecular complexity index is 755. The van der Waals surface area contributed by atoms with E-state index in [9.17, 15) is 13.2 Å². The number of halogens is 3. The lowest BCUT2D eigenvalue weighted by Gasteiger charge is -2.05. The van der Waals surface area contributed by atoms with Crippen LogP contribution in [0.15, 0.2) is 29.6 Å². The Morgan fingerprint density at radius 3 is 2.75 bits per heavy atom. The van der Waals surface area contributed by atoms with Crippen LogP contribution < -0.4 is 0 Å². The van der Waals surface area contributed by atoms with Crippen LogP contribution in [0.25, 0.3) is 21.7 Å². The number of nitrogens with zero attached hydrogens (tertiary/aromatic N) is 1. The van der Waals surface area contributed by atoms with Crippen molar-refractivity contribution in [1.29, 1.82) is 0 Å². The number of hydrogen-bond acceptors (Lipinski definition) is 2. The summed E-state index contributed by atoms with van der Waals surface area (Å²) in [6, 6.07) is 5.57. The van der Waals surface area contributed by atoms with Crippen LogP contribution in [0.1, 0.15) is 18.1 Å². The molecule has 0 saturated carbocycles. The lowest BCUT2D eigenvalue weighted by Crippen LogP contribution is -2.04. The van der Waals surface area contributed by atoms with E-state index in [2.05, 4.69) is 9.97 Å². The number of hydrogen-bond donors (Lipinski definition) is 1. The van der Waals surface area contributed by atoms with Crippen molar-refractivity contribution in [2.45, 2.75) is 19.5 Å². The van der Waals surface area contributed by atoms with Gasteiger partial charge in [-0.05, 0) is 41.6 Å². The number of aromatic nitrogens is 2. The highest BCUT2D eigenvalue weighted by molar-refractivity contribution is 7.13. The molecule has 20 heavy (non-hydrogen) atoms. The van der Waals surface area contributed by atoms with Gasteiger partial charge in [0, 0.05) is 0 Å². The van der Waals surface area contributed by atoms with Gasteiger partial charge in [0.25, 0.3) is 0 Å². The van der Waals surface area contributed by atoms with Crippen LogP contribution in [0, 0.1) is 0 Å². The molecule has 0 fully saturated rings. The molecule has 2 heterocycles. The number of aromatic amines is 1. The van der Waals surface area contributed by atoms with E-state index in [0.717, 1.165) is 29.0 Å². The third kappa shape index (κ3) is 2.20. The normalized spacial score (nSPS) is 12.2. The number of alkyl halides is 3. The van der Waals surface area contributed by atoms with Gasteiger partial charge in [0.15, 0.2) is 0 Å². The van der Waals surface area contributed by atoms with Crippen LogP contribution in [-0.2, 0) is 12.6 Å². The van der Waals surface area contributed by atoms with E-state index in [1.54, 1.807) is 0 Å². The molecular weight excluding hydrogens is 285 g/mol. The van der Waals surface area contributed by atoms with Gasteiger partial charge in [-0.15, -0.1) is 11.3 Å². The van der Waals surface area contributed by atoms with E-state index in [-0.39, 0.29) is 0 Å². The molecule has 0 bridgehead atoms. The summed E-state index contributed by atoms with van der Waals surface area (Å²) >= 11 is 1.54. The highest BCUT2D eigenvalue weighted by Crippen LogP contribution is 2.33. The smallest absolute Gasteiger partial charge is 0.337 e. The van der Waals surface area contributed by atoms with Crippen LogP contribution in [-0.4, -0.2) is 9.97 Å². The first-order valence-electron chi connectivity index (χ1n) is 6.12. The van der Waals surface area contributed by atoms with Crippen molar-refractivity contribution in [2.24, 2.45) is 0 Å². The van der Waals surface area contributed by atoms with Crippen molar-refractivity contribution in [1.82, 2.24) is 9.97 Å². The highest BCUT2D eigenvalue weighted by Gasteiger charge is 2.30. The standard InChI is InChI=1S/C14H11F3N2S/c1-2-8-5-6-20-12(8)13-18-10-4-3-9(14(15,16)17)7-11(10)19-13/h3-7H,2H2,1H3,(H,18,19). The van der Waals surface area contributed by atoms with Crippen LogP contribution in [0.5, 0.6) is 0 Å². The second kappa shape index (κ2) is 4.63. The molecule has 0 atom stereocenters. The van der Waals surface area contributed by atoms with Gasteiger partial charge in [-0.2, -0.15) is 13.2 Å². The van der Waals surface area contributed by atoms with Gasteiger partial charge in [-0.1, -0.05) is 6.92 Å².